The van der Waals surface area contributed by atoms with E-state index >= 15 is 0 Å². The van der Waals surface area contributed by atoms with Gasteiger partial charge in [0.15, 0.2) is 0 Å². The van der Waals surface area contributed by atoms with Crippen LogP contribution in [0.4, 0.5) is 4.79 Å². The summed E-state index contributed by atoms with van der Waals surface area (Å²) in [5, 5.41) is 0. The number of hydrogen-bond acceptors (Lipinski definition) is 3. The highest BCUT2D eigenvalue weighted by Crippen LogP contribution is 2.35. The summed E-state index contributed by atoms with van der Waals surface area (Å²) in [5.41, 5.74) is -0.657. The second kappa shape index (κ2) is 6.15. The van der Waals surface area contributed by atoms with Crippen molar-refractivity contribution in [2.45, 2.75) is 84.9 Å². The minimum absolute atomic E-state index is 0.111. The van der Waals surface area contributed by atoms with E-state index in [1.165, 1.54) is 0 Å². The second-order valence-corrected chi connectivity index (χ2v) is 7.76. The molecule has 1 amide bonds. The van der Waals surface area contributed by atoms with Gasteiger partial charge in [0, 0.05) is 18.5 Å². The van der Waals surface area contributed by atoms with Gasteiger partial charge in [0.2, 0.25) is 0 Å². The van der Waals surface area contributed by atoms with Crippen molar-refractivity contribution in [1.82, 2.24) is 4.90 Å². The van der Waals surface area contributed by atoms with Gasteiger partial charge in [0.05, 0.1) is 0 Å². The Balaban J connectivity index is 2.97. The fourth-order valence-electron chi connectivity index (χ4n) is 2.49. The normalized spacial score (nSPS) is 18.1. The topological polar surface area (TPSA) is 46.6 Å². The van der Waals surface area contributed by atoms with Crippen molar-refractivity contribution in [1.29, 1.82) is 0 Å². The van der Waals surface area contributed by atoms with Gasteiger partial charge in [-0.1, -0.05) is 20.8 Å². The fourth-order valence-corrected chi connectivity index (χ4v) is 2.49. The van der Waals surface area contributed by atoms with Gasteiger partial charge in [-0.25, -0.2) is 4.79 Å². The van der Waals surface area contributed by atoms with Crippen molar-refractivity contribution in [3.63, 3.8) is 0 Å². The third-order valence-electron chi connectivity index (χ3n) is 3.73. The Morgan fingerprint density at radius 2 is 1.80 bits per heavy atom. The summed E-state index contributed by atoms with van der Waals surface area (Å²) in [6.45, 7) is 11.8. The molecule has 1 unspecified atom stereocenters. The van der Waals surface area contributed by atoms with Crippen LogP contribution in [-0.2, 0) is 9.53 Å². The van der Waals surface area contributed by atoms with Crippen LogP contribution in [0.3, 0.4) is 0 Å². The number of aldehydes is 1. The third-order valence-corrected chi connectivity index (χ3v) is 3.73. The molecule has 1 aliphatic carbocycles. The van der Waals surface area contributed by atoms with E-state index in [9.17, 15) is 9.59 Å². The van der Waals surface area contributed by atoms with Crippen molar-refractivity contribution in [2.75, 3.05) is 0 Å². The molecular formula is C16H29NO3. The molecular weight excluding hydrogens is 254 g/mol. The highest BCUT2D eigenvalue weighted by atomic mass is 16.6. The van der Waals surface area contributed by atoms with Crippen LogP contribution in [0.15, 0.2) is 0 Å². The predicted molar refractivity (Wildman–Crippen MR) is 79.6 cm³/mol. The van der Waals surface area contributed by atoms with E-state index < -0.39 is 5.60 Å². The monoisotopic (exact) mass is 283 g/mol. The smallest absolute Gasteiger partial charge is 0.410 e. The molecule has 20 heavy (non-hydrogen) atoms. The SMILES string of the molecule is CC(C)(C)OC(=O)N(C1CCC1)C(CC=O)C(C)(C)C. The van der Waals surface area contributed by atoms with Gasteiger partial charge in [-0.2, -0.15) is 0 Å². The van der Waals surface area contributed by atoms with Gasteiger partial charge in [-0.15, -0.1) is 0 Å². The Kier molecular flexibility index (Phi) is 5.22. The zero-order valence-electron chi connectivity index (χ0n) is 13.7. The van der Waals surface area contributed by atoms with E-state index in [0.29, 0.717) is 6.42 Å². The number of hydrogen-bond donors (Lipinski definition) is 0. The van der Waals surface area contributed by atoms with E-state index in [1.807, 2.05) is 25.7 Å². The van der Waals surface area contributed by atoms with E-state index in [0.717, 1.165) is 25.5 Å². The summed E-state index contributed by atoms with van der Waals surface area (Å²) < 4.78 is 5.55. The van der Waals surface area contributed by atoms with Crippen molar-refractivity contribution >= 4 is 12.4 Å². The zero-order chi connectivity index (χ0) is 15.6. The number of nitrogens with zero attached hydrogens (tertiary/aromatic N) is 1. The van der Waals surface area contributed by atoms with Crippen LogP contribution in [-0.4, -0.2) is 35.0 Å². The maximum Gasteiger partial charge on any atom is 0.410 e. The summed E-state index contributed by atoms with van der Waals surface area (Å²) >= 11 is 0. The van der Waals surface area contributed by atoms with Crippen molar-refractivity contribution < 1.29 is 14.3 Å². The lowest BCUT2D eigenvalue weighted by Gasteiger charge is -2.46. The van der Waals surface area contributed by atoms with Crippen LogP contribution >= 0.6 is 0 Å². The number of rotatable bonds is 4. The van der Waals surface area contributed by atoms with Crippen LogP contribution in [0.1, 0.15) is 67.2 Å². The molecule has 116 valence electrons. The molecule has 1 aliphatic rings. The summed E-state index contributed by atoms with van der Waals surface area (Å²) in [6.07, 6.45) is 4.13. The van der Waals surface area contributed by atoms with Gasteiger partial charge >= 0.3 is 6.09 Å². The molecule has 0 aromatic carbocycles. The minimum atomic E-state index is -0.511. The first-order valence-electron chi connectivity index (χ1n) is 7.51. The van der Waals surface area contributed by atoms with E-state index in [-0.39, 0.29) is 23.6 Å². The molecule has 0 spiro atoms. The Morgan fingerprint density at radius 3 is 2.10 bits per heavy atom. The van der Waals surface area contributed by atoms with Crippen molar-refractivity contribution in [3.8, 4) is 0 Å². The van der Waals surface area contributed by atoms with Crippen molar-refractivity contribution in [3.05, 3.63) is 0 Å². The van der Waals surface area contributed by atoms with Crippen molar-refractivity contribution in [2.24, 2.45) is 5.41 Å². The Labute approximate surface area is 122 Å². The van der Waals surface area contributed by atoms with Gasteiger partial charge in [0.25, 0.3) is 0 Å². The van der Waals surface area contributed by atoms with Gasteiger partial charge < -0.3 is 14.4 Å². The fraction of sp³-hybridized carbons (Fsp3) is 0.875. The lowest BCUT2D eigenvalue weighted by molar-refractivity contribution is -0.110. The van der Waals surface area contributed by atoms with Crippen LogP contribution in [0.25, 0.3) is 0 Å². The first-order valence-corrected chi connectivity index (χ1v) is 7.51. The van der Waals surface area contributed by atoms with Crippen LogP contribution in [0.2, 0.25) is 0 Å². The lowest BCUT2D eigenvalue weighted by atomic mass is 9.80. The molecule has 0 aromatic rings. The lowest BCUT2D eigenvalue weighted by Crippen LogP contribution is -2.55. The molecule has 1 fully saturated rings. The van der Waals surface area contributed by atoms with E-state index in [2.05, 4.69) is 20.8 Å². The molecule has 1 atom stereocenters. The molecule has 0 bridgehead atoms. The van der Waals surface area contributed by atoms with Crippen LogP contribution in [0.5, 0.6) is 0 Å². The van der Waals surface area contributed by atoms with Crippen LogP contribution < -0.4 is 0 Å². The number of ether oxygens (including phenoxy) is 1. The Hall–Kier alpha value is -1.06. The largest absolute Gasteiger partial charge is 0.444 e. The van der Waals surface area contributed by atoms with E-state index in [1.54, 1.807) is 0 Å². The molecule has 0 aliphatic heterocycles. The standard InChI is InChI=1S/C16H29NO3/c1-15(2,3)13(10-11-18)17(12-8-7-9-12)14(19)20-16(4,5)6/h11-13H,7-10H2,1-6H3. The molecule has 4 heteroatoms. The first-order chi connectivity index (χ1) is 9.06. The minimum Gasteiger partial charge on any atom is -0.444 e. The molecule has 0 heterocycles. The molecule has 1 saturated carbocycles. The summed E-state index contributed by atoms with van der Waals surface area (Å²) in [6, 6.07) is 0.106. The number of amides is 1. The molecule has 4 nitrogen and oxygen atoms in total. The Bertz CT molecular complexity index is 348. The summed E-state index contributed by atoms with van der Waals surface area (Å²) in [5.74, 6) is 0. The molecule has 1 rings (SSSR count). The quantitative estimate of drug-likeness (QED) is 0.738. The van der Waals surface area contributed by atoms with Gasteiger partial charge in [-0.3, -0.25) is 0 Å². The third kappa shape index (κ3) is 4.50. The van der Waals surface area contributed by atoms with Gasteiger partial charge in [-0.05, 0) is 45.4 Å². The maximum atomic E-state index is 12.5. The zero-order valence-corrected chi connectivity index (χ0v) is 13.7. The maximum absolute atomic E-state index is 12.5. The Morgan fingerprint density at radius 1 is 1.25 bits per heavy atom. The highest BCUT2D eigenvalue weighted by Gasteiger charge is 2.41. The molecule has 0 saturated heterocycles. The van der Waals surface area contributed by atoms with E-state index in [4.69, 9.17) is 4.74 Å². The average molecular weight is 283 g/mol. The first kappa shape index (κ1) is 17.0. The molecule has 0 aromatic heterocycles. The predicted octanol–water partition coefficient (Wildman–Crippen LogP) is 3.78. The molecule has 0 radical (unpaired) electrons. The van der Waals surface area contributed by atoms with Gasteiger partial charge in [0.1, 0.15) is 11.9 Å². The summed E-state index contributed by atoms with van der Waals surface area (Å²) in [7, 11) is 0. The second-order valence-electron chi connectivity index (χ2n) is 7.76. The molecule has 0 N–H and O–H groups in total. The number of carbonyl (C=O) groups is 2. The highest BCUT2D eigenvalue weighted by molar-refractivity contribution is 5.70. The summed E-state index contributed by atoms with van der Waals surface area (Å²) in [4.78, 5) is 25.4. The van der Waals surface area contributed by atoms with Crippen LogP contribution in [0, 0.1) is 5.41 Å². The number of carbonyl (C=O) groups excluding carboxylic acids is 2. The average Bonchev–Trinajstić information content (AvgIpc) is 2.15.